The number of hydrogen-bond donors (Lipinski definition) is 2. The maximum atomic E-state index is 11.6. The smallest absolute Gasteiger partial charge is 0.220 e. The van der Waals surface area contributed by atoms with Crippen molar-refractivity contribution in [3.8, 4) is 0 Å². The minimum Gasteiger partial charge on any atom is -0.385 e. The zero-order chi connectivity index (χ0) is 12.6. The maximum Gasteiger partial charge on any atom is 0.220 e. The summed E-state index contributed by atoms with van der Waals surface area (Å²) in [4.78, 5) is 11.6. The molecular formula is C12H26N2O2. The van der Waals surface area contributed by atoms with Crippen molar-refractivity contribution in [3.63, 3.8) is 0 Å². The molecule has 4 nitrogen and oxygen atoms in total. The van der Waals surface area contributed by atoms with Crippen LogP contribution in [-0.4, -0.2) is 32.2 Å². The van der Waals surface area contributed by atoms with Gasteiger partial charge in [-0.05, 0) is 24.8 Å². The van der Waals surface area contributed by atoms with Gasteiger partial charge in [-0.3, -0.25) is 4.79 Å². The van der Waals surface area contributed by atoms with Gasteiger partial charge in [-0.25, -0.2) is 0 Å². The molecule has 0 aromatic carbocycles. The van der Waals surface area contributed by atoms with E-state index in [4.69, 9.17) is 10.5 Å². The van der Waals surface area contributed by atoms with E-state index in [9.17, 15) is 4.79 Å². The predicted octanol–water partition coefficient (Wildman–Crippen LogP) is 1.29. The van der Waals surface area contributed by atoms with E-state index in [1.54, 1.807) is 7.11 Å². The van der Waals surface area contributed by atoms with Crippen LogP contribution in [0.1, 0.15) is 40.0 Å². The van der Waals surface area contributed by atoms with E-state index >= 15 is 0 Å². The summed E-state index contributed by atoms with van der Waals surface area (Å²) in [5, 5.41) is 3.04. The average molecular weight is 230 g/mol. The van der Waals surface area contributed by atoms with Crippen LogP contribution < -0.4 is 11.1 Å². The summed E-state index contributed by atoms with van der Waals surface area (Å²) in [6, 6.07) is 0.146. The van der Waals surface area contributed by atoms with E-state index in [1.165, 1.54) is 0 Å². The number of nitrogens with one attached hydrogen (secondary N) is 1. The van der Waals surface area contributed by atoms with Gasteiger partial charge in [0.1, 0.15) is 0 Å². The Balaban J connectivity index is 4.04. The van der Waals surface area contributed by atoms with Crippen molar-refractivity contribution in [3.05, 3.63) is 0 Å². The maximum absolute atomic E-state index is 11.6. The summed E-state index contributed by atoms with van der Waals surface area (Å²) < 4.78 is 4.91. The van der Waals surface area contributed by atoms with Gasteiger partial charge in [0.15, 0.2) is 0 Å². The Hall–Kier alpha value is -0.610. The second-order valence-corrected chi connectivity index (χ2v) is 5.16. The van der Waals surface area contributed by atoms with E-state index in [1.807, 2.05) is 0 Å². The fourth-order valence-electron chi connectivity index (χ4n) is 1.53. The summed E-state index contributed by atoms with van der Waals surface area (Å²) in [7, 11) is 1.64. The summed E-state index contributed by atoms with van der Waals surface area (Å²) in [6.07, 6.45) is 2.10. The first kappa shape index (κ1) is 15.4. The molecule has 0 spiro atoms. The van der Waals surface area contributed by atoms with Crippen molar-refractivity contribution in [2.24, 2.45) is 11.1 Å². The third-order valence-corrected chi connectivity index (χ3v) is 2.59. The first-order valence-electron chi connectivity index (χ1n) is 5.90. The van der Waals surface area contributed by atoms with Crippen molar-refractivity contribution in [1.29, 1.82) is 0 Å². The number of amides is 1. The molecule has 1 unspecified atom stereocenters. The van der Waals surface area contributed by atoms with Crippen LogP contribution in [0.2, 0.25) is 0 Å². The predicted molar refractivity (Wildman–Crippen MR) is 66.2 cm³/mol. The highest BCUT2D eigenvalue weighted by atomic mass is 16.5. The third-order valence-electron chi connectivity index (χ3n) is 2.59. The Kier molecular flexibility index (Phi) is 7.34. The monoisotopic (exact) mass is 230 g/mol. The normalized spacial score (nSPS) is 13.6. The van der Waals surface area contributed by atoms with Gasteiger partial charge in [0.05, 0.1) is 0 Å². The van der Waals surface area contributed by atoms with Crippen LogP contribution in [0.25, 0.3) is 0 Å². The molecule has 96 valence electrons. The van der Waals surface area contributed by atoms with Crippen LogP contribution in [0.15, 0.2) is 0 Å². The van der Waals surface area contributed by atoms with Gasteiger partial charge in [0.25, 0.3) is 0 Å². The molecule has 0 rings (SSSR count). The van der Waals surface area contributed by atoms with Crippen LogP contribution >= 0.6 is 0 Å². The Morgan fingerprint density at radius 3 is 2.50 bits per heavy atom. The Morgan fingerprint density at radius 2 is 2.06 bits per heavy atom. The van der Waals surface area contributed by atoms with Gasteiger partial charge in [0, 0.05) is 26.2 Å². The summed E-state index contributed by atoms with van der Waals surface area (Å²) in [5.41, 5.74) is 5.60. The molecule has 3 N–H and O–H groups in total. The van der Waals surface area contributed by atoms with Crippen molar-refractivity contribution in [2.75, 3.05) is 20.3 Å². The lowest BCUT2D eigenvalue weighted by molar-refractivity contribution is -0.122. The topological polar surface area (TPSA) is 64.3 Å². The molecule has 1 amide bonds. The quantitative estimate of drug-likeness (QED) is 0.648. The number of nitrogens with two attached hydrogens (primary N) is 1. The van der Waals surface area contributed by atoms with Crippen LogP contribution in [0.3, 0.4) is 0 Å². The molecule has 0 radical (unpaired) electrons. The van der Waals surface area contributed by atoms with E-state index in [0.29, 0.717) is 19.6 Å². The summed E-state index contributed by atoms with van der Waals surface area (Å²) >= 11 is 0. The van der Waals surface area contributed by atoms with Gasteiger partial charge in [-0.1, -0.05) is 20.8 Å². The molecule has 0 aromatic heterocycles. The number of methoxy groups -OCH3 is 1. The first-order valence-corrected chi connectivity index (χ1v) is 5.90. The molecular weight excluding hydrogens is 204 g/mol. The molecule has 0 saturated carbocycles. The molecule has 0 aliphatic heterocycles. The number of rotatable bonds is 7. The van der Waals surface area contributed by atoms with Crippen molar-refractivity contribution in [1.82, 2.24) is 5.32 Å². The second-order valence-electron chi connectivity index (χ2n) is 5.16. The standard InChI is InChI=1S/C12H26N2O2/c1-12(2,3)10(7-8-13)14-11(15)6-5-9-16-4/h10H,5-9,13H2,1-4H3,(H,14,15). The van der Waals surface area contributed by atoms with Crippen LogP contribution in [0, 0.1) is 5.41 Å². The second kappa shape index (κ2) is 7.63. The molecule has 0 heterocycles. The zero-order valence-electron chi connectivity index (χ0n) is 11.0. The third kappa shape index (κ3) is 6.80. The average Bonchev–Trinajstić information content (AvgIpc) is 2.16. The van der Waals surface area contributed by atoms with Gasteiger partial charge in [-0.15, -0.1) is 0 Å². The Labute approximate surface area is 98.9 Å². The molecule has 0 bridgehead atoms. The SMILES string of the molecule is COCCCC(=O)NC(CCN)C(C)(C)C. The van der Waals surface area contributed by atoms with E-state index in [-0.39, 0.29) is 17.4 Å². The minimum absolute atomic E-state index is 0.0519. The van der Waals surface area contributed by atoms with Crippen molar-refractivity contribution >= 4 is 5.91 Å². The van der Waals surface area contributed by atoms with Crippen LogP contribution in [0.4, 0.5) is 0 Å². The highest BCUT2D eigenvalue weighted by molar-refractivity contribution is 5.76. The lowest BCUT2D eigenvalue weighted by Crippen LogP contribution is -2.44. The number of carbonyl (C=O) groups excluding carboxylic acids is 1. The lowest BCUT2D eigenvalue weighted by atomic mass is 9.84. The highest BCUT2D eigenvalue weighted by Crippen LogP contribution is 2.21. The van der Waals surface area contributed by atoms with E-state index < -0.39 is 0 Å². The fraction of sp³-hybridized carbons (Fsp3) is 0.917. The van der Waals surface area contributed by atoms with Gasteiger partial charge in [0.2, 0.25) is 5.91 Å². The largest absolute Gasteiger partial charge is 0.385 e. The zero-order valence-corrected chi connectivity index (χ0v) is 11.0. The van der Waals surface area contributed by atoms with Gasteiger partial charge in [-0.2, -0.15) is 0 Å². The van der Waals surface area contributed by atoms with Crippen molar-refractivity contribution < 1.29 is 9.53 Å². The summed E-state index contributed by atoms with van der Waals surface area (Å²) in [6.45, 7) is 7.57. The van der Waals surface area contributed by atoms with Crippen molar-refractivity contribution in [2.45, 2.75) is 46.1 Å². The van der Waals surface area contributed by atoms with E-state index in [2.05, 4.69) is 26.1 Å². The van der Waals surface area contributed by atoms with E-state index in [0.717, 1.165) is 12.8 Å². The molecule has 4 heteroatoms. The fourth-order valence-corrected chi connectivity index (χ4v) is 1.53. The van der Waals surface area contributed by atoms with Gasteiger partial charge >= 0.3 is 0 Å². The first-order chi connectivity index (χ1) is 7.41. The minimum atomic E-state index is 0.0519. The summed E-state index contributed by atoms with van der Waals surface area (Å²) in [5.74, 6) is 0.0884. The number of ether oxygens (including phenoxy) is 1. The number of carbonyl (C=O) groups is 1. The van der Waals surface area contributed by atoms with Crippen LogP contribution in [0.5, 0.6) is 0 Å². The Bertz CT molecular complexity index is 200. The Morgan fingerprint density at radius 1 is 1.44 bits per heavy atom. The molecule has 0 aromatic rings. The molecule has 0 fully saturated rings. The highest BCUT2D eigenvalue weighted by Gasteiger charge is 2.25. The van der Waals surface area contributed by atoms with Crippen LogP contribution in [-0.2, 0) is 9.53 Å². The molecule has 1 atom stereocenters. The molecule has 0 saturated heterocycles. The molecule has 0 aliphatic carbocycles. The number of hydrogen-bond acceptors (Lipinski definition) is 3. The lowest BCUT2D eigenvalue weighted by Gasteiger charge is -2.31. The molecule has 0 aliphatic rings. The molecule has 16 heavy (non-hydrogen) atoms. The van der Waals surface area contributed by atoms with Gasteiger partial charge < -0.3 is 15.8 Å².